The van der Waals surface area contributed by atoms with Crippen LogP contribution < -0.4 is 15.1 Å². The summed E-state index contributed by atoms with van der Waals surface area (Å²) in [5, 5.41) is 4.46. The summed E-state index contributed by atoms with van der Waals surface area (Å²) in [6.45, 7) is 3.78. The lowest BCUT2D eigenvalue weighted by molar-refractivity contribution is 0.00401. The molecule has 1 saturated heterocycles. The Kier molecular flexibility index (Phi) is 5.95. The molecular weight excluding hydrogens is 444 g/mol. The van der Waals surface area contributed by atoms with Gasteiger partial charge in [-0.25, -0.2) is 0 Å². The van der Waals surface area contributed by atoms with Crippen molar-refractivity contribution in [2.45, 2.75) is 36.6 Å². The summed E-state index contributed by atoms with van der Waals surface area (Å²) in [4.78, 5) is 3.48. The second kappa shape index (κ2) is 9.10. The fraction of sp³-hybridized carbons (Fsp3) is 0.519. The topological polar surface area (TPSA) is 49.3 Å². The molecule has 4 aliphatic rings. The van der Waals surface area contributed by atoms with E-state index < -0.39 is 11.4 Å². The lowest BCUT2D eigenvalue weighted by Gasteiger charge is -2.52. The molecule has 0 spiro atoms. The fourth-order valence-corrected chi connectivity index (χ4v) is 8.35. The van der Waals surface area contributed by atoms with E-state index in [-0.39, 0.29) is 5.41 Å². The molecule has 1 saturated carbocycles. The first kappa shape index (κ1) is 22.3. The number of piperidine rings is 1. The number of ether oxygens (including phenoxy) is 1. The third kappa shape index (κ3) is 3.97. The Labute approximate surface area is 206 Å². The normalized spacial score (nSPS) is 31.1. The van der Waals surface area contributed by atoms with Crippen LogP contribution in [-0.2, 0) is 22.0 Å². The lowest BCUT2D eigenvalue weighted by Crippen LogP contribution is -2.57. The first-order valence-electron chi connectivity index (χ1n) is 12.5. The highest BCUT2D eigenvalue weighted by molar-refractivity contribution is 7.90. The Bertz CT molecular complexity index is 1050. The van der Waals surface area contributed by atoms with Gasteiger partial charge in [0.15, 0.2) is 0 Å². The molecule has 34 heavy (non-hydrogen) atoms. The van der Waals surface area contributed by atoms with Crippen LogP contribution in [0.2, 0.25) is 0 Å². The van der Waals surface area contributed by atoms with Crippen LogP contribution in [0.4, 0.5) is 5.69 Å². The number of fused-ring (bicyclic) bond motifs is 3. The quantitative estimate of drug-likeness (QED) is 0.660. The van der Waals surface area contributed by atoms with Crippen molar-refractivity contribution in [3.05, 3.63) is 54.1 Å². The molecule has 6 nitrogen and oxygen atoms in total. The van der Waals surface area contributed by atoms with Crippen molar-refractivity contribution in [2.75, 3.05) is 45.3 Å². The predicted molar refractivity (Wildman–Crippen MR) is 138 cm³/mol. The van der Waals surface area contributed by atoms with E-state index in [9.17, 15) is 0 Å². The number of hydrogen-bond acceptors (Lipinski definition) is 6. The molecule has 180 valence electrons. The molecule has 3 heterocycles. The summed E-state index contributed by atoms with van der Waals surface area (Å²) in [5.41, 5.74) is 6.23. The number of benzene rings is 2. The third-order valence-electron chi connectivity index (χ3n) is 8.31. The van der Waals surface area contributed by atoms with Crippen LogP contribution >= 0.6 is 0 Å². The van der Waals surface area contributed by atoms with E-state index in [0.717, 1.165) is 38.4 Å². The van der Waals surface area contributed by atoms with Gasteiger partial charge in [0.05, 0.1) is 31.9 Å². The van der Waals surface area contributed by atoms with E-state index in [2.05, 4.69) is 81.5 Å². The molecule has 3 aliphatic heterocycles. The first-order valence-corrected chi connectivity index (χ1v) is 13.6. The van der Waals surface area contributed by atoms with Gasteiger partial charge in [-0.1, -0.05) is 34.6 Å². The molecule has 6 rings (SSSR count). The number of likely N-dealkylation sites (N-methyl/N-ethyl adjacent to an activating group) is 1. The predicted octanol–water partition coefficient (Wildman–Crippen LogP) is 3.89. The molecule has 7 heteroatoms. The van der Waals surface area contributed by atoms with Gasteiger partial charge in [-0.05, 0) is 48.6 Å². The summed E-state index contributed by atoms with van der Waals surface area (Å²) in [5.74, 6) is 2.20. The molecule has 1 aliphatic carbocycles. The number of hydrogen-bond donors (Lipinski definition) is 1. The van der Waals surface area contributed by atoms with Crippen molar-refractivity contribution in [3.8, 4) is 5.75 Å². The monoisotopic (exact) mass is 479 g/mol. The van der Waals surface area contributed by atoms with E-state index in [1.165, 1.54) is 35.4 Å². The highest BCUT2D eigenvalue weighted by Gasteiger charge is 2.54. The molecule has 0 bridgehead atoms. The Hall–Kier alpha value is -2.22. The Morgan fingerprint density at radius 1 is 1.21 bits per heavy atom. The maximum Gasteiger partial charge on any atom is 0.280 e. The summed E-state index contributed by atoms with van der Waals surface area (Å²) >= 11 is -0.410. The number of nitrogens with zero attached hydrogens (tertiary/aromatic N) is 3. The summed E-state index contributed by atoms with van der Waals surface area (Å²) in [6, 6.07) is 18.2. The number of nitrogens with one attached hydrogen (secondary N) is 1. The van der Waals surface area contributed by atoms with Gasteiger partial charge >= 0.3 is 0 Å². The van der Waals surface area contributed by atoms with Crippen molar-refractivity contribution in [1.82, 2.24) is 9.73 Å². The Morgan fingerprint density at radius 3 is 2.94 bits per heavy atom. The van der Waals surface area contributed by atoms with Crippen LogP contribution in [0.25, 0.3) is 0 Å². The second-order valence-corrected chi connectivity index (χ2v) is 12.1. The van der Waals surface area contributed by atoms with E-state index >= 15 is 0 Å². The number of hydrazone groups is 1. The summed E-state index contributed by atoms with van der Waals surface area (Å²) in [7, 11) is 3.99. The lowest BCUT2D eigenvalue weighted by atomic mass is 9.57. The van der Waals surface area contributed by atoms with E-state index in [1.807, 2.05) is 7.11 Å². The molecule has 2 aromatic carbocycles. The highest BCUT2D eigenvalue weighted by atomic mass is 32.2. The fourth-order valence-electron chi connectivity index (χ4n) is 6.61. The van der Waals surface area contributed by atoms with Crippen molar-refractivity contribution in [2.24, 2.45) is 22.4 Å². The van der Waals surface area contributed by atoms with Gasteiger partial charge in [0, 0.05) is 37.9 Å². The largest absolute Gasteiger partial charge is 0.489 e. The Balaban J connectivity index is 1.30. The minimum atomic E-state index is -0.410. The van der Waals surface area contributed by atoms with Crippen molar-refractivity contribution >= 4 is 23.3 Å². The van der Waals surface area contributed by atoms with E-state index in [0.29, 0.717) is 17.9 Å². The molecule has 5 atom stereocenters. The van der Waals surface area contributed by atoms with Gasteiger partial charge in [-0.2, -0.15) is 9.28 Å². The van der Waals surface area contributed by atoms with E-state index in [1.54, 1.807) is 0 Å². The van der Waals surface area contributed by atoms with Crippen LogP contribution in [0.5, 0.6) is 5.75 Å². The molecule has 2 aromatic rings. The molecule has 0 amide bonds. The van der Waals surface area contributed by atoms with Gasteiger partial charge in [0.2, 0.25) is 4.90 Å². The third-order valence-corrected chi connectivity index (χ3v) is 10.1. The van der Waals surface area contributed by atoms with Gasteiger partial charge in [-0.15, -0.1) is 0 Å². The van der Waals surface area contributed by atoms with Gasteiger partial charge in [0.1, 0.15) is 12.4 Å². The number of rotatable bonds is 5. The minimum absolute atomic E-state index is 0.230. The minimum Gasteiger partial charge on any atom is -0.489 e. The zero-order valence-electron chi connectivity index (χ0n) is 20.2. The molecule has 2 fully saturated rings. The van der Waals surface area contributed by atoms with Gasteiger partial charge in [-0.3, -0.25) is 0 Å². The van der Waals surface area contributed by atoms with Gasteiger partial charge < -0.3 is 15.1 Å². The molecule has 5 unspecified atom stereocenters. The summed E-state index contributed by atoms with van der Waals surface area (Å²) < 4.78 is 14.8. The van der Waals surface area contributed by atoms with Gasteiger partial charge in [0.25, 0.3) is 11.4 Å². The van der Waals surface area contributed by atoms with Crippen LogP contribution in [0.3, 0.4) is 0 Å². The molecule has 1 N–H and O–H groups in total. The van der Waals surface area contributed by atoms with Crippen molar-refractivity contribution < 1.29 is 8.92 Å². The van der Waals surface area contributed by atoms with Crippen LogP contribution in [0, 0.1) is 17.3 Å². The first-order chi connectivity index (χ1) is 16.6. The van der Waals surface area contributed by atoms with Crippen LogP contribution in [0.1, 0.15) is 24.8 Å². The SMILES string of the molecule is CO[S+](c1ccc2c(c1)OCCN2C)N1CCC2CC3NN=CC3CC2(Cc2ccccc2)C1. The molecule has 0 radical (unpaired) electrons. The van der Waals surface area contributed by atoms with Crippen LogP contribution in [-0.4, -0.2) is 57.0 Å². The average molecular weight is 480 g/mol. The zero-order valence-corrected chi connectivity index (χ0v) is 21.0. The maximum atomic E-state index is 6.20. The number of anilines is 1. The molecular formula is C27H35N4O2S+. The maximum absolute atomic E-state index is 6.20. The Morgan fingerprint density at radius 2 is 2.09 bits per heavy atom. The van der Waals surface area contributed by atoms with Crippen molar-refractivity contribution in [3.63, 3.8) is 0 Å². The standard InChI is InChI=1S/C27H35N4O2S/c1-30-12-13-33-26-15-23(8-9-25(26)30)34(32-2)31-11-10-22-14-24-21(18-28-29-24)17-27(22,19-31)16-20-6-4-3-5-7-20/h3-9,15,18,21-22,24,29H,10-14,16-17,19H2,1-2H3/q+1. The summed E-state index contributed by atoms with van der Waals surface area (Å²) in [6.07, 6.45) is 6.88. The zero-order chi connectivity index (χ0) is 23.1. The second-order valence-electron chi connectivity index (χ2n) is 10.3. The van der Waals surface area contributed by atoms with Crippen LogP contribution in [0.15, 0.2) is 58.5 Å². The average Bonchev–Trinajstić information content (AvgIpc) is 3.30. The molecule has 0 aromatic heterocycles. The van der Waals surface area contributed by atoms with Crippen molar-refractivity contribution in [1.29, 1.82) is 0 Å². The highest BCUT2D eigenvalue weighted by Crippen LogP contribution is 2.52. The van der Waals surface area contributed by atoms with E-state index in [4.69, 9.17) is 8.92 Å². The smallest absolute Gasteiger partial charge is 0.280 e.